The van der Waals surface area contributed by atoms with Gasteiger partial charge in [-0.15, -0.1) is 0 Å². The van der Waals surface area contributed by atoms with E-state index in [-0.39, 0.29) is 35.6 Å². The number of hydrogen-bond donors (Lipinski definition) is 4. The van der Waals surface area contributed by atoms with Crippen molar-refractivity contribution in [3.05, 3.63) is 78.6 Å². The van der Waals surface area contributed by atoms with E-state index in [9.17, 15) is 24.0 Å². The molecular weight excluding hydrogens is 570 g/mol. The van der Waals surface area contributed by atoms with E-state index in [1.54, 1.807) is 60.7 Å². The minimum atomic E-state index is -4.31. The zero-order chi connectivity index (χ0) is 29.7. The monoisotopic (exact) mass is 596 g/mol. The van der Waals surface area contributed by atoms with Crippen LogP contribution in [0.4, 0.5) is 10.2 Å². The van der Waals surface area contributed by atoms with E-state index in [4.69, 9.17) is 19.5 Å². The first kappa shape index (κ1) is 29.1. The van der Waals surface area contributed by atoms with Gasteiger partial charge in [0.15, 0.2) is 17.0 Å². The Bertz CT molecular complexity index is 1660. The number of nitrogens with two attached hydrogens (primary N) is 1. The first-order valence-electron chi connectivity index (χ1n) is 12.7. The number of ether oxygens (including phenoxy) is 1. The molecule has 2 aromatic heterocycles. The Morgan fingerprint density at radius 1 is 1.21 bits per heavy atom. The van der Waals surface area contributed by atoms with E-state index >= 15 is 0 Å². The first-order chi connectivity index (χ1) is 20.2. The molecule has 5 N–H and O–H groups in total. The number of carboxylic acids is 1. The first-order valence-corrected chi connectivity index (χ1v) is 14.3. The summed E-state index contributed by atoms with van der Waals surface area (Å²) < 4.78 is 45.8. The highest BCUT2D eigenvalue weighted by Crippen LogP contribution is 2.45. The Balaban J connectivity index is 1.29. The van der Waals surface area contributed by atoms with Crippen LogP contribution in [0.2, 0.25) is 0 Å². The van der Waals surface area contributed by atoms with Crippen LogP contribution in [0.5, 0.6) is 5.75 Å². The predicted octanol–water partition coefficient (Wildman–Crippen LogP) is 2.36. The van der Waals surface area contributed by atoms with Crippen molar-refractivity contribution in [2.24, 2.45) is 0 Å². The summed E-state index contributed by atoms with van der Waals surface area (Å²) in [5.74, 6) is 1.60. The lowest BCUT2D eigenvalue weighted by molar-refractivity contribution is -0.139. The highest BCUT2D eigenvalue weighted by molar-refractivity contribution is 7.52. The zero-order valence-corrected chi connectivity index (χ0v) is 22.8. The summed E-state index contributed by atoms with van der Waals surface area (Å²) in [5, 5.41) is 23.0. The minimum Gasteiger partial charge on any atom is -0.480 e. The van der Waals surface area contributed by atoms with Crippen molar-refractivity contribution >= 4 is 30.7 Å². The highest BCUT2D eigenvalue weighted by atomic mass is 31.2. The largest absolute Gasteiger partial charge is 0.480 e. The number of nitrogen functional groups attached to an aromatic ring is 1. The third kappa shape index (κ3) is 7.09. The van der Waals surface area contributed by atoms with Gasteiger partial charge >= 0.3 is 19.8 Å². The van der Waals surface area contributed by atoms with E-state index < -0.39 is 50.8 Å². The molecule has 15 heteroatoms. The second-order valence-corrected chi connectivity index (χ2v) is 11.0. The quantitative estimate of drug-likeness (QED) is 0.119. The normalized spacial score (nSPS) is 20.4. The van der Waals surface area contributed by atoms with Gasteiger partial charge in [-0.3, -0.25) is 9.32 Å². The molecule has 0 amide bonds. The molecule has 0 aliphatic carbocycles. The fourth-order valence-electron chi connectivity index (χ4n) is 4.20. The third-order valence-corrected chi connectivity index (χ3v) is 7.81. The topological polar surface area (TPSA) is 184 Å². The fourth-order valence-corrected chi connectivity index (χ4v) is 5.71. The molecular formula is C27H26FN6O7P. The number of halogens is 1. The van der Waals surface area contributed by atoms with Gasteiger partial charge in [-0.25, -0.2) is 14.1 Å². The van der Waals surface area contributed by atoms with Crippen molar-refractivity contribution in [1.29, 1.82) is 0 Å². The van der Waals surface area contributed by atoms with Crippen LogP contribution in [-0.2, 0) is 25.0 Å². The SMILES string of the molecule is Nc1nc(F)nc2c1ncn2C#C[C@H]1C[C@H](O)[C@@H](COP(=O)(NC(Cc2ccccc2)C(=O)O)Oc2ccccc2)O1. The molecule has 0 saturated carbocycles. The minimum absolute atomic E-state index is 0.00525. The van der Waals surface area contributed by atoms with Crippen LogP contribution < -0.4 is 15.3 Å². The zero-order valence-electron chi connectivity index (χ0n) is 21.9. The lowest BCUT2D eigenvalue weighted by Gasteiger charge is -2.25. The molecule has 1 fully saturated rings. The van der Waals surface area contributed by atoms with E-state index in [0.717, 1.165) is 0 Å². The van der Waals surface area contributed by atoms with Gasteiger partial charge in [0, 0.05) is 12.5 Å². The summed E-state index contributed by atoms with van der Waals surface area (Å²) in [6.07, 6.45) is -2.44. The Hall–Kier alpha value is -4.38. The third-order valence-electron chi connectivity index (χ3n) is 6.24. The van der Waals surface area contributed by atoms with Gasteiger partial charge in [-0.1, -0.05) is 48.5 Å². The number of nitrogens with one attached hydrogen (secondary N) is 1. The van der Waals surface area contributed by atoms with Crippen LogP contribution in [0.15, 0.2) is 67.0 Å². The van der Waals surface area contributed by atoms with E-state index in [0.29, 0.717) is 5.56 Å². The van der Waals surface area contributed by atoms with Crippen molar-refractivity contribution in [1.82, 2.24) is 24.6 Å². The summed E-state index contributed by atoms with van der Waals surface area (Å²) in [7, 11) is -4.31. The van der Waals surface area contributed by atoms with Gasteiger partial charge in [-0.05, 0) is 30.0 Å². The predicted molar refractivity (Wildman–Crippen MR) is 147 cm³/mol. The molecule has 0 spiro atoms. The van der Waals surface area contributed by atoms with Gasteiger partial charge in [0.1, 0.15) is 30.3 Å². The maximum absolute atomic E-state index is 13.8. The Morgan fingerprint density at radius 2 is 1.93 bits per heavy atom. The molecule has 13 nitrogen and oxygen atoms in total. The second-order valence-electron chi connectivity index (χ2n) is 9.29. The number of aliphatic carboxylic acids is 1. The molecule has 1 aliphatic heterocycles. The number of carbonyl (C=O) groups is 1. The van der Waals surface area contributed by atoms with Crippen LogP contribution in [0.1, 0.15) is 12.0 Å². The lowest BCUT2D eigenvalue weighted by Crippen LogP contribution is -2.39. The number of aromatic nitrogens is 4. The summed E-state index contributed by atoms with van der Waals surface area (Å²) in [4.78, 5) is 23.2. The summed E-state index contributed by atoms with van der Waals surface area (Å²) in [5.41, 5.74) is 6.61. The van der Waals surface area contributed by atoms with E-state index in [2.05, 4.69) is 32.0 Å². The summed E-state index contributed by atoms with van der Waals surface area (Å²) >= 11 is 0. The molecule has 2 unspecified atom stereocenters. The summed E-state index contributed by atoms with van der Waals surface area (Å²) in [6, 6.07) is 18.4. The molecule has 3 heterocycles. The van der Waals surface area contributed by atoms with Crippen LogP contribution in [0.25, 0.3) is 11.2 Å². The van der Waals surface area contributed by atoms with Gasteiger partial charge in [-0.2, -0.15) is 19.4 Å². The number of anilines is 1. The number of aliphatic hydroxyl groups is 1. The van der Waals surface area contributed by atoms with Crippen molar-refractivity contribution in [3.63, 3.8) is 0 Å². The van der Waals surface area contributed by atoms with Gasteiger partial charge in [0.25, 0.3) is 0 Å². The molecule has 2 aromatic carbocycles. The highest BCUT2D eigenvalue weighted by Gasteiger charge is 2.39. The average Bonchev–Trinajstić information content (AvgIpc) is 3.54. The van der Waals surface area contributed by atoms with Crippen LogP contribution in [-0.4, -0.2) is 66.7 Å². The van der Waals surface area contributed by atoms with Crippen molar-refractivity contribution in [2.75, 3.05) is 12.3 Å². The molecule has 5 rings (SSSR count). The number of carboxylic acid groups (broad SMARTS) is 1. The number of imidazole rings is 1. The number of aliphatic hydroxyl groups excluding tert-OH is 1. The number of fused-ring (bicyclic) bond motifs is 1. The maximum Gasteiger partial charge on any atom is 0.459 e. The fraction of sp³-hybridized carbons (Fsp3) is 0.259. The number of nitrogens with zero attached hydrogens (tertiary/aromatic N) is 4. The number of benzene rings is 2. The lowest BCUT2D eigenvalue weighted by atomic mass is 10.1. The Kier molecular flexibility index (Phi) is 8.77. The van der Waals surface area contributed by atoms with Crippen molar-refractivity contribution < 1.29 is 37.7 Å². The Morgan fingerprint density at radius 3 is 2.64 bits per heavy atom. The number of rotatable bonds is 10. The van der Waals surface area contributed by atoms with Crippen molar-refractivity contribution in [3.8, 4) is 17.7 Å². The second kappa shape index (κ2) is 12.6. The molecule has 0 radical (unpaired) electrons. The van der Waals surface area contributed by atoms with E-state index in [1.807, 2.05) is 0 Å². The van der Waals surface area contributed by atoms with Crippen LogP contribution in [0, 0.1) is 18.0 Å². The summed E-state index contributed by atoms with van der Waals surface area (Å²) in [6.45, 7) is -0.406. The molecule has 1 saturated heterocycles. The Labute approximate surface area is 239 Å². The van der Waals surface area contributed by atoms with Crippen LogP contribution in [0.3, 0.4) is 0 Å². The molecule has 0 bridgehead atoms. The smallest absolute Gasteiger partial charge is 0.459 e. The number of para-hydroxylation sites is 1. The van der Waals surface area contributed by atoms with Gasteiger partial charge in [0.05, 0.1) is 12.7 Å². The molecule has 218 valence electrons. The average molecular weight is 597 g/mol. The van der Waals surface area contributed by atoms with Crippen LogP contribution >= 0.6 is 7.75 Å². The number of hydrogen-bond acceptors (Lipinski definition) is 10. The molecule has 1 aliphatic rings. The van der Waals surface area contributed by atoms with E-state index in [1.165, 1.54) is 10.9 Å². The van der Waals surface area contributed by atoms with Gasteiger partial charge in [0.2, 0.25) is 0 Å². The molecule has 5 atom stereocenters. The van der Waals surface area contributed by atoms with Crippen molar-refractivity contribution in [2.45, 2.75) is 37.2 Å². The van der Waals surface area contributed by atoms with Gasteiger partial charge < -0.3 is 25.2 Å². The maximum atomic E-state index is 13.8. The molecule has 4 aromatic rings. The standard InChI is InChI=1S/C27H26FN6O7P/c28-27-31-24(29)23-25(32-27)34(16-30-23)12-11-19-14-21(35)22(40-19)15-39-42(38,41-18-9-5-2-6-10-18)33-20(26(36)37)13-17-7-3-1-4-8-17/h1-10,16,19-22,35H,13-15H2,(H,33,38)(H,36,37)(H2,29,31,32)/t19-,20?,21-,22+,42?/m0/s1. The molecule has 42 heavy (non-hydrogen) atoms.